The van der Waals surface area contributed by atoms with Crippen molar-refractivity contribution in [3.63, 3.8) is 0 Å². The van der Waals surface area contributed by atoms with Gasteiger partial charge in [-0.1, -0.05) is 0 Å². The third-order valence-electron chi connectivity index (χ3n) is 4.37. The second-order valence-corrected chi connectivity index (χ2v) is 6.91. The first-order valence-corrected chi connectivity index (χ1v) is 9.51. The van der Waals surface area contributed by atoms with Crippen molar-refractivity contribution in [1.29, 1.82) is 0 Å². The van der Waals surface area contributed by atoms with Crippen LogP contribution in [-0.2, 0) is 23.6 Å². The number of aliphatic hydroxyl groups is 1. The van der Waals surface area contributed by atoms with Crippen molar-refractivity contribution >= 4 is 41.3 Å². The Morgan fingerprint density at radius 1 is 1.09 bits per heavy atom. The first-order chi connectivity index (χ1) is 14.3. The van der Waals surface area contributed by atoms with E-state index in [-0.39, 0.29) is 51.4 Å². The van der Waals surface area contributed by atoms with E-state index in [2.05, 4.69) is 26.1 Å². The number of aliphatic hydroxyl groups excluding tert-OH is 1. The summed E-state index contributed by atoms with van der Waals surface area (Å²) >= 11 is 0. The van der Waals surface area contributed by atoms with Crippen LogP contribution in [-0.4, -0.2) is 80.2 Å². The summed E-state index contributed by atoms with van der Waals surface area (Å²) in [6, 6.07) is 2.97. The number of hydrogen-bond acceptors (Lipinski definition) is 8. The molecule has 2 aliphatic carbocycles. The minimum Gasteiger partial charge on any atom is -1.00 e. The van der Waals surface area contributed by atoms with Crippen LogP contribution in [0.4, 0.5) is 0 Å². The molecule has 2 fully saturated rings. The van der Waals surface area contributed by atoms with Gasteiger partial charge in [0.05, 0.1) is 19.9 Å². The molecule has 2 heterocycles. The zero-order valence-electron chi connectivity index (χ0n) is 18.7. The molecule has 10 nitrogen and oxygen atoms in total. The first-order valence-electron chi connectivity index (χ1n) is 9.51. The Hall–Kier alpha value is -1.76. The molecular formula is C20H27BrMgN4O6. The summed E-state index contributed by atoms with van der Waals surface area (Å²) in [5, 5.41) is 17.7. The second kappa shape index (κ2) is 14.4. The van der Waals surface area contributed by atoms with Crippen LogP contribution >= 0.6 is 0 Å². The van der Waals surface area contributed by atoms with Gasteiger partial charge in [-0.15, -0.1) is 0 Å². The number of methoxy groups -OCH3 is 2. The normalized spacial score (nSPS) is 14.0. The number of aryl methyl sites for hydroxylation is 2. The molecule has 32 heavy (non-hydrogen) atoms. The van der Waals surface area contributed by atoms with Crippen LogP contribution in [0.25, 0.3) is 0 Å². The van der Waals surface area contributed by atoms with Gasteiger partial charge in [0.1, 0.15) is 23.2 Å². The molecule has 0 radical (unpaired) electrons. The summed E-state index contributed by atoms with van der Waals surface area (Å²) in [5.41, 5.74) is 1.41. The molecule has 2 saturated carbocycles. The number of carbonyl (C=O) groups is 3. The monoisotopic (exact) mass is 522 g/mol. The predicted octanol–water partition coefficient (Wildman–Crippen LogP) is -1.72. The number of carbonyl (C=O) groups excluding carboxylic acids is 3. The SMILES string of the molecule is COC(=O)c1cc(C(O)C2CC2)nn1C.COC(=O)c1cc(C=O)nn1C.[Br-].[CH-]1CC1.[Mg+2]. The van der Waals surface area contributed by atoms with Gasteiger partial charge in [-0.2, -0.15) is 10.2 Å². The maximum Gasteiger partial charge on any atom is 2.00 e. The van der Waals surface area contributed by atoms with E-state index < -0.39 is 18.0 Å². The molecule has 0 amide bonds. The molecule has 12 heteroatoms. The predicted molar refractivity (Wildman–Crippen MR) is 111 cm³/mol. The molecule has 0 aromatic carbocycles. The van der Waals surface area contributed by atoms with Crippen molar-refractivity contribution in [2.24, 2.45) is 20.0 Å². The average Bonchev–Trinajstić information content (AvgIpc) is 3.67. The molecule has 1 unspecified atom stereocenters. The number of aromatic nitrogens is 4. The Balaban J connectivity index is 0.000000510. The van der Waals surface area contributed by atoms with E-state index in [0.717, 1.165) is 12.8 Å². The molecule has 0 saturated heterocycles. The summed E-state index contributed by atoms with van der Waals surface area (Å²) < 4.78 is 11.8. The molecule has 0 bridgehead atoms. The van der Waals surface area contributed by atoms with Gasteiger partial charge in [0.25, 0.3) is 0 Å². The topological polar surface area (TPSA) is 126 Å². The number of nitrogens with zero attached hydrogens (tertiary/aromatic N) is 4. The van der Waals surface area contributed by atoms with E-state index in [1.165, 1.54) is 42.5 Å². The van der Waals surface area contributed by atoms with Crippen LogP contribution in [0.15, 0.2) is 12.1 Å². The van der Waals surface area contributed by atoms with Crippen LogP contribution in [0.3, 0.4) is 0 Å². The van der Waals surface area contributed by atoms with Gasteiger partial charge in [0, 0.05) is 20.2 Å². The van der Waals surface area contributed by atoms with Crippen LogP contribution in [0.1, 0.15) is 68.9 Å². The molecule has 172 valence electrons. The Morgan fingerprint density at radius 3 is 1.94 bits per heavy atom. The smallest absolute Gasteiger partial charge is 1.00 e. The zero-order chi connectivity index (χ0) is 22.3. The van der Waals surface area contributed by atoms with Gasteiger partial charge in [-0.3, -0.25) is 14.2 Å². The molecule has 2 aromatic rings. The van der Waals surface area contributed by atoms with E-state index in [0.29, 0.717) is 23.6 Å². The van der Waals surface area contributed by atoms with E-state index in [4.69, 9.17) is 0 Å². The molecule has 1 N–H and O–H groups in total. The maximum absolute atomic E-state index is 11.3. The number of aldehydes is 1. The van der Waals surface area contributed by atoms with E-state index in [1.807, 2.05) is 0 Å². The molecule has 4 rings (SSSR count). The van der Waals surface area contributed by atoms with Crippen LogP contribution in [0.5, 0.6) is 0 Å². The van der Waals surface area contributed by atoms with Crippen molar-refractivity contribution in [2.45, 2.75) is 31.8 Å². The van der Waals surface area contributed by atoms with Gasteiger partial charge >= 0.3 is 35.0 Å². The number of esters is 2. The van der Waals surface area contributed by atoms with Gasteiger partial charge in [-0.25, -0.2) is 22.4 Å². The molecule has 0 aliphatic heterocycles. The molecule has 2 aliphatic rings. The number of rotatable bonds is 5. The standard InChI is InChI=1S/C10H14N2O3.C7H8N2O3.C3H5.BrH.Mg/c1-12-8(10(14)15-2)5-7(11-12)9(13)6-3-4-6;1-9-6(7(11)12-2)3-5(4-10)8-9;1-2-3-1;;/h5-6,9,13H,3-4H2,1-2H3;3-4H,1-2H3;1H,2-3H2;1H;/q;;-1;;+2/p-1. The van der Waals surface area contributed by atoms with E-state index >= 15 is 0 Å². The Labute approximate surface area is 213 Å². The molecular weight excluding hydrogens is 496 g/mol. The maximum atomic E-state index is 11.3. The second-order valence-electron chi connectivity index (χ2n) is 6.91. The fraction of sp³-hybridized carbons (Fsp3) is 0.500. The number of ether oxygens (including phenoxy) is 2. The Kier molecular flexibility index (Phi) is 13.6. The van der Waals surface area contributed by atoms with Gasteiger partial charge in [-0.05, 0) is 24.8 Å². The summed E-state index contributed by atoms with van der Waals surface area (Å²) in [5.74, 6) is -0.622. The fourth-order valence-electron chi connectivity index (χ4n) is 2.43. The average molecular weight is 524 g/mol. The Morgan fingerprint density at radius 2 is 1.56 bits per heavy atom. The third kappa shape index (κ3) is 9.00. The van der Waals surface area contributed by atoms with Crippen molar-refractivity contribution in [3.8, 4) is 0 Å². The number of halogens is 1. The number of hydrogen-bond donors (Lipinski definition) is 1. The van der Waals surface area contributed by atoms with Gasteiger partial charge < -0.3 is 38.0 Å². The van der Waals surface area contributed by atoms with E-state index in [1.54, 1.807) is 20.2 Å². The summed E-state index contributed by atoms with van der Waals surface area (Å²) in [4.78, 5) is 32.5. The summed E-state index contributed by atoms with van der Waals surface area (Å²) in [7, 11) is 5.83. The van der Waals surface area contributed by atoms with Crippen molar-refractivity contribution in [3.05, 3.63) is 41.3 Å². The largest absolute Gasteiger partial charge is 2.00 e. The Bertz CT molecular complexity index is 892. The van der Waals surface area contributed by atoms with Crippen LogP contribution in [0.2, 0.25) is 0 Å². The summed E-state index contributed by atoms with van der Waals surface area (Å²) in [6.07, 6.45) is 7.10. The van der Waals surface area contributed by atoms with Gasteiger partial charge in [0.2, 0.25) is 0 Å². The summed E-state index contributed by atoms with van der Waals surface area (Å²) in [6.45, 7) is 0. The van der Waals surface area contributed by atoms with Crippen LogP contribution < -0.4 is 17.0 Å². The fourth-order valence-corrected chi connectivity index (χ4v) is 2.43. The molecule has 0 spiro atoms. The van der Waals surface area contributed by atoms with E-state index in [9.17, 15) is 19.5 Å². The third-order valence-corrected chi connectivity index (χ3v) is 4.37. The minimum atomic E-state index is -0.547. The van der Waals surface area contributed by atoms with Crippen molar-refractivity contribution < 1.29 is 45.9 Å². The van der Waals surface area contributed by atoms with Crippen LogP contribution in [0, 0.1) is 12.3 Å². The van der Waals surface area contributed by atoms with Crippen molar-refractivity contribution in [2.75, 3.05) is 14.2 Å². The quantitative estimate of drug-likeness (QED) is 0.212. The minimum absolute atomic E-state index is 0. The first kappa shape index (κ1) is 30.2. The molecule has 1 atom stereocenters. The van der Waals surface area contributed by atoms with Gasteiger partial charge in [0.15, 0.2) is 6.29 Å². The molecule has 2 aromatic heterocycles. The zero-order valence-corrected chi connectivity index (χ0v) is 21.7. The van der Waals surface area contributed by atoms with Crippen molar-refractivity contribution in [1.82, 2.24) is 19.6 Å².